The maximum absolute atomic E-state index is 13.0. The molecule has 2 atom stereocenters. The Morgan fingerprint density at radius 1 is 1.12 bits per heavy atom. The molecule has 130 valence electrons. The summed E-state index contributed by atoms with van der Waals surface area (Å²) >= 11 is 5.97. The number of hydrogen-bond donors (Lipinski definition) is 2. The van der Waals surface area contributed by atoms with E-state index < -0.39 is 17.8 Å². The highest BCUT2D eigenvalue weighted by Gasteiger charge is 2.34. The van der Waals surface area contributed by atoms with E-state index in [0.717, 1.165) is 11.6 Å². The molecule has 0 saturated heterocycles. The number of hydrogen-bond acceptors (Lipinski definition) is 2. The van der Waals surface area contributed by atoms with Crippen LogP contribution < -0.4 is 5.32 Å². The van der Waals surface area contributed by atoms with Crippen LogP contribution in [0, 0.1) is 0 Å². The van der Waals surface area contributed by atoms with Crippen molar-refractivity contribution < 1.29 is 18.3 Å². The van der Waals surface area contributed by atoms with Crippen molar-refractivity contribution in [2.45, 2.75) is 31.7 Å². The summed E-state index contributed by atoms with van der Waals surface area (Å²) in [7, 11) is 0. The molecule has 0 aromatic heterocycles. The number of halogens is 4. The van der Waals surface area contributed by atoms with Gasteiger partial charge in [-0.25, -0.2) is 0 Å². The highest BCUT2D eigenvalue weighted by Crippen LogP contribution is 2.34. The third-order valence-corrected chi connectivity index (χ3v) is 4.08. The molecular weight excluding hydrogens is 339 g/mol. The second kappa shape index (κ2) is 8.01. The smallest absolute Gasteiger partial charge is 0.387 e. The molecule has 0 fully saturated rings. The van der Waals surface area contributed by atoms with Gasteiger partial charge in [0.1, 0.15) is 0 Å². The van der Waals surface area contributed by atoms with Crippen LogP contribution in [0.5, 0.6) is 0 Å². The number of benzene rings is 2. The average molecular weight is 358 g/mol. The molecule has 0 aliphatic heterocycles. The zero-order chi connectivity index (χ0) is 17.7. The largest absolute Gasteiger partial charge is 0.416 e. The molecule has 2 nitrogen and oxygen atoms in total. The van der Waals surface area contributed by atoms with E-state index in [2.05, 4.69) is 5.32 Å². The monoisotopic (exact) mass is 357 g/mol. The Bertz CT molecular complexity index is 675. The minimum atomic E-state index is -4.49. The lowest BCUT2D eigenvalue weighted by molar-refractivity contribution is -0.139. The Labute approximate surface area is 144 Å². The quantitative estimate of drug-likeness (QED) is 0.750. The molecule has 2 unspecified atom stereocenters. The molecule has 0 bridgehead atoms. The summed E-state index contributed by atoms with van der Waals surface area (Å²) < 4.78 is 39.1. The van der Waals surface area contributed by atoms with Crippen LogP contribution in [-0.2, 0) is 6.18 Å². The van der Waals surface area contributed by atoms with Crippen LogP contribution in [0.3, 0.4) is 0 Å². The maximum Gasteiger partial charge on any atom is 0.416 e. The first-order valence-electron chi connectivity index (χ1n) is 7.66. The molecule has 2 rings (SSSR count). The van der Waals surface area contributed by atoms with Crippen LogP contribution in [0.4, 0.5) is 13.2 Å². The molecular formula is C18H19ClF3NO. The van der Waals surface area contributed by atoms with Crippen LogP contribution in [0.2, 0.25) is 5.02 Å². The normalized spacial score (nSPS) is 14.4. The van der Waals surface area contributed by atoms with Gasteiger partial charge in [0.25, 0.3) is 0 Å². The highest BCUT2D eigenvalue weighted by atomic mass is 35.5. The fourth-order valence-electron chi connectivity index (χ4n) is 2.63. The fourth-order valence-corrected chi connectivity index (χ4v) is 2.83. The summed E-state index contributed by atoms with van der Waals surface area (Å²) in [6.45, 7) is 1.97. The molecule has 0 radical (unpaired) electrons. The summed E-state index contributed by atoms with van der Waals surface area (Å²) in [6, 6.07) is 12.2. The lowest BCUT2D eigenvalue weighted by atomic mass is 10.0. The molecule has 2 aromatic rings. The van der Waals surface area contributed by atoms with Gasteiger partial charge in [0, 0.05) is 17.6 Å². The van der Waals surface area contributed by atoms with Gasteiger partial charge in [0.05, 0.1) is 11.7 Å². The third-order valence-electron chi connectivity index (χ3n) is 3.84. The van der Waals surface area contributed by atoms with Crippen LogP contribution in [-0.4, -0.2) is 11.7 Å². The van der Waals surface area contributed by atoms with Crippen molar-refractivity contribution in [1.82, 2.24) is 5.32 Å². The van der Waals surface area contributed by atoms with E-state index in [4.69, 9.17) is 11.6 Å². The Hall–Kier alpha value is -1.56. The van der Waals surface area contributed by atoms with Crippen molar-refractivity contribution >= 4 is 11.6 Å². The molecule has 0 amide bonds. The minimum Gasteiger partial charge on any atom is -0.387 e. The number of aliphatic hydroxyl groups is 1. The van der Waals surface area contributed by atoms with Gasteiger partial charge in [-0.1, -0.05) is 48.9 Å². The first kappa shape index (κ1) is 18.8. The predicted molar refractivity (Wildman–Crippen MR) is 88.9 cm³/mol. The van der Waals surface area contributed by atoms with Crippen molar-refractivity contribution in [2.24, 2.45) is 0 Å². The fraction of sp³-hybridized carbons (Fsp3) is 0.333. The molecule has 0 aliphatic carbocycles. The van der Waals surface area contributed by atoms with E-state index in [1.54, 1.807) is 12.1 Å². The molecule has 0 heterocycles. The van der Waals surface area contributed by atoms with E-state index in [9.17, 15) is 18.3 Å². The second-order valence-corrected chi connectivity index (χ2v) is 5.96. The first-order chi connectivity index (χ1) is 11.3. The molecule has 24 heavy (non-hydrogen) atoms. The molecule has 0 saturated carbocycles. The summed E-state index contributed by atoms with van der Waals surface area (Å²) in [5.41, 5.74) is -0.00476. The van der Waals surface area contributed by atoms with Crippen molar-refractivity contribution in [1.29, 1.82) is 0 Å². The summed E-state index contributed by atoms with van der Waals surface area (Å²) in [5.74, 6) is 0. The Morgan fingerprint density at radius 2 is 1.83 bits per heavy atom. The summed E-state index contributed by atoms with van der Waals surface area (Å²) in [4.78, 5) is 0. The predicted octanol–water partition coefficient (Wildman–Crippen LogP) is 5.13. The lowest BCUT2D eigenvalue weighted by Crippen LogP contribution is -2.27. The van der Waals surface area contributed by atoms with Crippen LogP contribution >= 0.6 is 11.6 Å². The molecule has 0 spiro atoms. The van der Waals surface area contributed by atoms with Gasteiger partial charge < -0.3 is 10.4 Å². The Morgan fingerprint density at radius 3 is 2.46 bits per heavy atom. The SMILES string of the molecule is CCC(NCC(O)c1ccccc1C(F)(F)F)c1cccc(Cl)c1. The van der Waals surface area contributed by atoms with E-state index in [0.29, 0.717) is 11.4 Å². The van der Waals surface area contributed by atoms with E-state index in [1.807, 2.05) is 19.1 Å². The Kier molecular flexibility index (Phi) is 6.27. The highest BCUT2D eigenvalue weighted by molar-refractivity contribution is 6.30. The topological polar surface area (TPSA) is 32.3 Å². The van der Waals surface area contributed by atoms with Gasteiger partial charge in [-0.05, 0) is 35.7 Å². The summed E-state index contributed by atoms with van der Waals surface area (Å²) in [5, 5.41) is 13.9. The van der Waals surface area contributed by atoms with Gasteiger partial charge in [-0.2, -0.15) is 13.2 Å². The standard InChI is InChI=1S/C18H19ClF3NO/c1-2-16(12-6-5-7-13(19)10-12)23-11-17(24)14-8-3-4-9-15(14)18(20,21)22/h3-10,16-17,23-24H,2,11H2,1H3. The summed E-state index contributed by atoms with van der Waals surface area (Å²) in [6.07, 6.45) is -5.03. The number of aliphatic hydroxyl groups excluding tert-OH is 1. The average Bonchev–Trinajstić information content (AvgIpc) is 2.54. The van der Waals surface area contributed by atoms with Crippen molar-refractivity contribution in [3.05, 3.63) is 70.2 Å². The van der Waals surface area contributed by atoms with E-state index in [1.165, 1.54) is 18.2 Å². The van der Waals surface area contributed by atoms with Gasteiger partial charge >= 0.3 is 6.18 Å². The number of rotatable bonds is 6. The first-order valence-corrected chi connectivity index (χ1v) is 8.03. The van der Waals surface area contributed by atoms with Crippen LogP contribution in [0.1, 0.15) is 42.2 Å². The molecule has 2 aromatic carbocycles. The molecule has 6 heteroatoms. The number of alkyl halides is 3. The van der Waals surface area contributed by atoms with E-state index in [-0.39, 0.29) is 18.2 Å². The van der Waals surface area contributed by atoms with Crippen molar-refractivity contribution in [3.8, 4) is 0 Å². The van der Waals surface area contributed by atoms with Crippen LogP contribution in [0.25, 0.3) is 0 Å². The van der Waals surface area contributed by atoms with Gasteiger partial charge in [0.2, 0.25) is 0 Å². The molecule has 0 aliphatic rings. The lowest BCUT2D eigenvalue weighted by Gasteiger charge is -2.22. The van der Waals surface area contributed by atoms with Gasteiger partial charge in [-0.15, -0.1) is 0 Å². The second-order valence-electron chi connectivity index (χ2n) is 5.52. The minimum absolute atomic E-state index is 0.0120. The number of nitrogens with one attached hydrogen (secondary N) is 1. The zero-order valence-electron chi connectivity index (χ0n) is 13.1. The molecule has 2 N–H and O–H groups in total. The van der Waals surface area contributed by atoms with Gasteiger partial charge in [-0.3, -0.25) is 0 Å². The van der Waals surface area contributed by atoms with Gasteiger partial charge in [0.15, 0.2) is 0 Å². The van der Waals surface area contributed by atoms with Crippen molar-refractivity contribution in [2.75, 3.05) is 6.54 Å². The third kappa shape index (κ3) is 4.72. The van der Waals surface area contributed by atoms with E-state index >= 15 is 0 Å². The maximum atomic E-state index is 13.0. The van der Waals surface area contributed by atoms with Crippen LogP contribution in [0.15, 0.2) is 48.5 Å². The van der Waals surface area contributed by atoms with Crippen molar-refractivity contribution in [3.63, 3.8) is 0 Å². The zero-order valence-corrected chi connectivity index (χ0v) is 13.9. The Balaban J connectivity index is 2.11.